The normalized spacial score (nSPS) is 14.6. The van der Waals surface area contributed by atoms with E-state index >= 15 is 0 Å². The Hall–Kier alpha value is -3.18. The highest BCUT2D eigenvalue weighted by atomic mass is 19.1. The molecule has 2 aromatic rings. The zero-order valence-electron chi connectivity index (χ0n) is 20.5. The molecule has 0 amide bonds. The molecular formula is C24H32FN3O7. The van der Waals surface area contributed by atoms with Crippen molar-refractivity contribution in [3.8, 4) is 23.3 Å². The average Bonchev–Trinajstić information content (AvgIpc) is 2.81. The van der Waals surface area contributed by atoms with Gasteiger partial charge in [-0.25, -0.2) is 19.2 Å². The molecular weight excluding hydrogens is 461 g/mol. The standard InChI is InChI=1S/C24H32FN3O7/c1-5-30-12-13-31-19-6-7-21(20(25)14-19)34-23-17(4)22(26-15-27-23)33-18-8-10-28(11-9-18)35-24(29)32-16(2)3/h6-7,14-16,18H,5,8-13H2,1-4H3. The van der Waals surface area contributed by atoms with E-state index in [-0.39, 0.29) is 23.8 Å². The average molecular weight is 494 g/mol. The number of hydrogen-bond acceptors (Lipinski definition) is 10. The molecule has 1 aliphatic heterocycles. The minimum Gasteiger partial charge on any atom is -0.491 e. The molecule has 35 heavy (non-hydrogen) atoms. The molecule has 2 heterocycles. The highest BCUT2D eigenvalue weighted by molar-refractivity contribution is 5.59. The van der Waals surface area contributed by atoms with E-state index in [0.29, 0.717) is 62.9 Å². The molecule has 0 aliphatic carbocycles. The van der Waals surface area contributed by atoms with E-state index in [0.717, 1.165) is 0 Å². The van der Waals surface area contributed by atoms with Crippen LogP contribution in [0.25, 0.3) is 0 Å². The quantitative estimate of drug-likeness (QED) is 0.329. The van der Waals surface area contributed by atoms with E-state index in [4.69, 9.17) is 28.5 Å². The van der Waals surface area contributed by atoms with Gasteiger partial charge in [0.1, 0.15) is 24.8 Å². The van der Waals surface area contributed by atoms with Gasteiger partial charge in [-0.3, -0.25) is 0 Å². The number of aromatic nitrogens is 2. The molecule has 11 heteroatoms. The molecule has 0 bridgehead atoms. The second-order valence-electron chi connectivity index (χ2n) is 8.10. The summed E-state index contributed by atoms with van der Waals surface area (Å²) in [7, 11) is 0. The summed E-state index contributed by atoms with van der Waals surface area (Å²) in [5.41, 5.74) is 0.545. The Labute approximate surface area is 204 Å². The monoisotopic (exact) mass is 493 g/mol. The fourth-order valence-electron chi connectivity index (χ4n) is 3.28. The third-order valence-electron chi connectivity index (χ3n) is 5.02. The first-order chi connectivity index (χ1) is 16.9. The number of piperidine rings is 1. The number of carbonyl (C=O) groups is 1. The second kappa shape index (κ2) is 13.1. The van der Waals surface area contributed by atoms with Crippen LogP contribution in [0, 0.1) is 12.7 Å². The molecule has 1 fully saturated rings. The van der Waals surface area contributed by atoms with Gasteiger partial charge in [0.15, 0.2) is 11.6 Å². The zero-order valence-corrected chi connectivity index (χ0v) is 20.5. The van der Waals surface area contributed by atoms with Crippen LogP contribution in [0.4, 0.5) is 9.18 Å². The van der Waals surface area contributed by atoms with E-state index in [1.54, 1.807) is 31.9 Å². The van der Waals surface area contributed by atoms with Gasteiger partial charge in [0.2, 0.25) is 11.8 Å². The molecule has 1 aromatic carbocycles. The Morgan fingerprint density at radius 3 is 2.60 bits per heavy atom. The summed E-state index contributed by atoms with van der Waals surface area (Å²) < 4.78 is 41.9. The van der Waals surface area contributed by atoms with Gasteiger partial charge in [-0.1, -0.05) is 0 Å². The first kappa shape index (κ1) is 26.4. The summed E-state index contributed by atoms with van der Waals surface area (Å²) in [6.45, 7) is 9.49. The number of hydrogen-bond donors (Lipinski definition) is 0. The minimum absolute atomic E-state index is 0.00801. The van der Waals surface area contributed by atoms with Crippen LogP contribution in [0.2, 0.25) is 0 Å². The molecule has 0 saturated carbocycles. The van der Waals surface area contributed by atoms with Crippen LogP contribution in [0.5, 0.6) is 23.3 Å². The van der Waals surface area contributed by atoms with Crippen LogP contribution in [-0.2, 0) is 14.3 Å². The number of benzene rings is 1. The molecule has 0 radical (unpaired) electrons. The summed E-state index contributed by atoms with van der Waals surface area (Å²) in [6, 6.07) is 4.35. The van der Waals surface area contributed by atoms with Crippen molar-refractivity contribution in [2.24, 2.45) is 0 Å². The number of nitrogens with zero attached hydrogens (tertiary/aromatic N) is 3. The van der Waals surface area contributed by atoms with Crippen molar-refractivity contribution in [2.75, 3.05) is 32.9 Å². The van der Waals surface area contributed by atoms with Crippen LogP contribution >= 0.6 is 0 Å². The summed E-state index contributed by atoms with van der Waals surface area (Å²) in [6.07, 6.45) is 1.45. The van der Waals surface area contributed by atoms with Gasteiger partial charge < -0.3 is 28.5 Å². The van der Waals surface area contributed by atoms with Crippen molar-refractivity contribution in [1.29, 1.82) is 0 Å². The van der Waals surface area contributed by atoms with E-state index in [9.17, 15) is 9.18 Å². The number of rotatable bonds is 11. The molecule has 0 N–H and O–H groups in total. The smallest absolute Gasteiger partial charge is 0.491 e. The fourth-order valence-corrected chi connectivity index (χ4v) is 3.28. The first-order valence-electron chi connectivity index (χ1n) is 11.7. The third kappa shape index (κ3) is 8.22. The maximum absolute atomic E-state index is 14.6. The SMILES string of the molecule is CCOCCOc1ccc(Oc2ncnc(OC3CCN(OC(=O)OC(C)C)CC3)c2C)c(F)c1. The van der Waals surface area contributed by atoms with Crippen molar-refractivity contribution in [3.05, 3.63) is 35.9 Å². The Kier molecular flexibility index (Phi) is 9.86. The molecule has 0 spiro atoms. The second-order valence-corrected chi connectivity index (χ2v) is 8.10. The zero-order chi connectivity index (χ0) is 25.2. The molecule has 0 unspecified atom stereocenters. The fraction of sp³-hybridized carbons (Fsp3) is 0.542. The molecule has 0 atom stereocenters. The molecule has 10 nitrogen and oxygen atoms in total. The molecule has 1 aromatic heterocycles. The summed E-state index contributed by atoms with van der Waals surface area (Å²) in [5.74, 6) is 0.350. The molecule has 3 rings (SSSR count). The summed E-state index contributed by atoms with van der Waals surface area (Å²) in [5, 5.41) is 1.55. The largest absolute Gasteiger partial charge is 0.528 e. The predicted molar refractivity (Wildman–Crippen MR) is 123 cm³/mol. The van der Waals surface area contributed by atoms with Crippen molar-refractivity contribution < 1.29 is 37.7 Å². The summed E-state index contributed by atoms with van der Waals surface area (Å²) >= 11 is 0. The molecule has 1 saturated heterocycles. The van der Waals surface area contributed by atoms with Crippen LogP contribution in [0.3, 0.4) is 0 Å². The van der Waals surface area contributed by atoms with Crippen molar-refractivity contribution in [3.63, 3.8) is 0 Å². The number of carbonyl (C=O) groups excluding carboxylic acids is 1. The molecule has 192 valence electrons. The van der Waals surface area contributed by atoms with E-state index < -0.39 is 12.0 Å². The highest BCUT2D eigenvalue weighted by Gasteiger charge is 2.25. The number of hydroxylamine groups is 2. The van der Waals surface area contributed by atoms with Crippen molar-refractivity contribution in [1.82, 2.24) is 15.0 Å². The minimum atomic E-state index is -0.717. The lowest BCUT2D eigenvalue weighted by molar-refractivity contribution is -0.151. The predicted octanol–water partition coefficient (Wildman–Crippen LogP) is 4.45. The lowest BCUT2D eigenvalue weighted by Gasteiger charge is -2.30. The Morgan fingerprint density at radius 2 is 1.91 bits per heavy atom. The first-order valence-corrected chi connectivity index (χ1v) is 11.7. The Balaban J connectivity index is 1.54. The summed E-state index contributed by atoms with van der Waals surface area (Å²) in [4.78, 5) is 25.2. The van der Waals surface area contributed by atoms with Gasteiger partial charge >= 0.3 is 6.16 Å². The van der Waals surface area contributed by atoms with Gasteiger partial charge in [-0.2, -0.15) is 0 Å². The van der Waals surface area contributed by atoms with Gasteiger partial charge in [0.05, 0.1) is 18.3 Å². The van der Waals surface area contributed by atoms with Gasteiger partial charge in [-0.15, -0.1) is 5.06 Å². The van der Waals surface area contributed by atoms with Gasteiger partial charge in [-0.05, 0) is 39.8 Å². The van der Waals surface area contributed by atoms with Crippen LogP contribution in [0.15, 0.2) is 24.5 Å². The third-order valence-corrected chi connectivity index (χ3v) is 5.02. The lowest BCUT2D eigenvalue weighted by atomic mass is 10.1. The highest BCUT2D eigenvalue weighted by Crippen LogP contribution is 2.31. The van der Waals surface area contributed by atoms with Crippen LogP contribution in [0.1, 0.15) is 39.2 Å². The van der Waals surface area contributed by atoms with Gasteiger partial charge in [0.25, 0.3) is 0 Å². The maximum atomic E-state index is 14.6. The lowest BCUT2D eigenvalue weighted by Crippen LogP contribution is -2.40. The molecule has 1 aliphatic rings. The Bertz CT molecular complexity index is 968. The number of halogens is 1. The van der Waals surface area contributed by atoms with Crippen molar-refractivity contribution >= 4 is 6.16 Å². The topological polar surface area (TPSA) is 101 Å². The van der Waals surface area contributed by atoms with Crippen LogP contribution < -0.4 is 14.2 Å². The van der Waals surface area contributed by atoms with Gasteiger partial charge in [0, 0.05) is 38.6 Å². The van der Waals surface area contributed by atoms with E-state index in [1.807, 2.05) is 6.92 Å². The van der Waals surface area contributed by atoms with E-state index in [2.05, 4.69) is 9.97 Å². The van der Waals surface area contributed by atoms with Crippen LogP contribution in [-0.4, -0.2) is 66.3 Å². The Morgan fingerprint density at radius 1 is 1.17 bits per heavy atom. The van der Waals surface area contributed by atoms with E-state index in [1.165, 1.54) is 18.5 Å². The number of ether oxygens (including phenoxy) is 5. The van der Waals surface area contributed by atoms with Crippen molar-refractivity contribution in [2.45, 2.75) is 52.7 Å². The maximum Gasteiger partial charge on any atom is 0.528 e.